The molecule has 2 aromatic rings. The molecule has 19 heavy (non-hydrogen) atoms. The Hall–Kier alpha value is -1.28. The lowest BCUT2D eigenvalue weighted by Gasteiger charge is -2.16. The van der Waals surface area contributed by atoms with Crippen LogP contribution < -0.4 is 0 Å². The van der Waals surface area contributed by atoms with Crippen LogP contribution in [-0.4, -0.2) is 9.78 Å². The molecule has 2 aliphatic carbocycles. The Balaban J connectivity index is 1.54. The Kier molecular flexibility index (Phi) is 2.66. The van der Waals surface area contributed by atoms with Crippen molar-refractivity contribution >= 4 is 11.6 Å². The molecule has 4 rings (SSSR count). The number of hydrogen-bond acceptors (Lipinski definition) is 1. The fourth-order valence-corrected chi connectivity index (χ4v) is 3.79. The number of fused-ring (bicyclic) bond motifs is 1. The summed E-state index contributed by atoms with van der Waals surface area (Å²) in [7, 11) is 0. The van der Waals surface area contributed by atoms with Gasteiger partial charge in [0.2, 0.25) is 0 Å². The van der Waals surface area contributed by atoms with Gasteiger partial charge in [0.25, 0.3) is 0 Å². The highest BCUT2D eigenvalue weighted by molar-refractivity contribution is 6.21. The fourth-order valence-electron chi connectivity index (χ4n) is 3.47. The third-order valence-electron chi connectivity index (χ3n) is 4.64. The van der Waals surface area contributed by atoms with E-state index in [0.29, 0.717) is 5.92 Å². The van der Waals surface area contributed by atoms with Crippen molar-refractivity contribution in [3.63, 3.8) is 0 Å². The molecule has 1 aromatic heterocycles. The number of hydrogen-bond donors (Lipinski definition) is 0. The zero-order valence-electron chi connectivity index (χ0n) is 10.7. The van der Waals surface area contributed by atoms with Crippen LogP contribution in [0.15, 0.2) is 42.7 Å². The van der Waals surface area contributed by atoms with Gasteiger partial charge in [0.15, 0.2) is 0 Å². The first kappa shape index (κ1) is 11.5. The molecule has 2 aliphatic rings. The summed E-state index contributed by atoms with van der Waals surface area (Å²) in [5, 5.41) is 4.57. The number of benzene rings is 1. The molecule has 0 aliphatic heterocycles. The van der Waals surface area contributed by atoms with E-state index in [1.54, 1.807) is 0 Å². The molecule has 2 fully saturated rings. The standard InChI is InChI=1S/C16H17ClN2/c17-16(13-7-11-6-12(11)8-13)14-9-18-19(10-14)15-4-2-1-3-5-15/h1-5,9-13,16H,6-8H2. The van der Waals surface area contributed by atoms with Crippen molar-refractivity contribution < 1.29 is 0 Å². The van der Waals surface area contributed by atoms with Crippen LogP contribution in [0.4, 0.5) is 0 Å². The predicted molar refractivity (Wildman–Crippen MR) is 76.5 cm³/mol. The summed E-state index contributed by atoms with van der Waals surface area (Å²) in [6.07, 6.45) is 8.08. The Morgan fingerprint density at radius 3 is 2.58 bits per heavy atom. The van der Waals surface area contributed by atoms with E-state index in [4.69, 9.17) is 11.6 Å². The lowest BCUT2D eigenvalue weighted by atomic mass is 9.96. The predicted octanol–water partition coefficient (Wildman–Crippen LogP) is 4.20. The van der Waals surface area contributed by atoms with Crippen LogP contribution in [0.1, 0.15) is 30.2 Å². The summed E-state index contributed by atoms with van der Waals surface area (Å²) < 4.78 is 1.92. The Bertz CT molecular complexity index is 567. The maximum Gasteiger partial charge on any atom is 0.0645 e. The van der Waals surface area contributed by atoms with Gasteiger partial charge in [-0.25, -0.2) is 4.68 Å². The van der Waals surface area contributed by atoms with Crippen LogP contribution in [0.25, 0.3) is 5.69 Å². The zero-order valence-corrected chi connectivity index (χ0v) is 11.5. The second kappa shape index (κ2) is 4.38. The van der Waals surface area contributed by atoms with E-state index in [9.17, 15) is 0 Å². The summed E-state index contributed by atoms with van der Waals surface area (Å²) in [5.74, 6) is 2.62. The van der Waals surface area contributed by atoms with Gasteiger partial charge in [0, 0.05) is 11.8 Å². The lowest BCUT2D eigenvalue weighted by Crippen LogP contribution is -2.05. The minimum atomic E-state index is 0.130. The van der Waals surface area contributed by atoms with Gasteiger partial charge >= 0.3 is 0 Å². The third-order valence-corrected chi connectivity index (χ3v) is 5.24. The van der Waals surface area contributed by atoms with Crippen molar-refractivity contribution in [1.82, 2.24) is 9.78 Å². The van der Waals surface area contributed by atoms with Crippen molar-refractivity contribution in [3.8, 4) is 5.69 Å². The second-order valence-corrected chi connectivity index (χ2v) is 6.41. The van der Waals surface area contributed by atoms with E-state index in [-0.39, 0.29) is 5.38 Å². The highest BCUT2D eigenvalue weighted by atomic mass is 35.5. The van der Waals surface area contributed by atoms with Gasteiger partial charge in [-0.3, -0.25) is 0 Å². The van der Waals surface area contributed by atoms with E-state index in [0.717, 1.165) is 23.1 Å². The third kappa shape index (κ3) is 2.08. The van der Waals surface area contributed by atoms with E-state index >= 15 is 0 Å². The molecule has 2 nitrogen and oxygen atoms in total. The van der Waals surface area contributed by atoms with Crippen LogP contribution in [-0.2, 0) is 0 Å². The summed E-state index contributed by atoms with van der Waals surface area (Å²) >= 11 is 6.65. The zero-order chi connectivity index (χ0) is 12.8. The topological polar surface area (TPSA) is 17.8 Å². The second-order valence-electron chi connectivity index (χ2n) is 5.94. The van der Waals surface area contributed by atoms with Crippen molar-refractivity contribution in [2.24, 2.45) is 17.8 Å². The summed E-state index contributed by atoms with van der Waals surface area (Å²) in [6.45, 7) is 0. The molecule has 1 heterocycles. The number of nitrogens with zero attached hydrogens (tertiary/aromatic N) is 2. The minimum Gasteiger partial charge on any atom is -0.241 e. The summed E-state index contributed by atoms with van der Waals surface area (Å²) in [4.78, 5) is 0. The average molecular weight is 273 g/mol. The van der Waals surface area contributed by atoms with Crippen molar-refractivity contribution in [3.05, 3.63) is 48.3 Å². The quantitative estimate of drug-likeness (QED) is 0.766. The fraction of sp³-hybridized carbons (Fsp3) is 0.438. The van der Waals surface area contributed by atoms with E-state index in [2.05, 4.69) is 23.4 Å². The first-order valence-corrected chi connectivity index (χ1v) is 7.49. The lowest BCUT2D eigenvalue weighted by molar-refractivity contribution is 0.471. The monoisotopic (exact) mass is 272 g/mol. The first-order chi connectivity index (χ1) is 9.31. The van der Waals surface area contributed by atoms with Gasteiger partial charge in [-0.05, 0) is 49.1 Å². The van der Waals surface area contributed by atoms with Crippen LogP contribution in [0.5, 0.6) is 0 Å². The van der Waals surface area contributed by atoms with Gasteiger partial charge in [0.05, 0.1) is 17.3 Å². The van der Waals surface area contributed by atoms with Crippen molar-refractivity contribution in [2.75, 3.05) is 0 Å². The highest BCUT2D eigenvalue weighted by Gasteiger charge is 2.47. The molecule has 0 N–H and O–H groups in total. The highest BCUT2D eigenvalue weighted by Crippen LogP contribution is 2.58. The van der Waals surface area contributed by atoms with E-state index in [1.807, 2.05) is 29.1 Å². The van der Waals surface area contributed by atoms with Gasteiger partial charge < -0.3 is 0 Å². The number of halogens is 1. The Labute approximate surface area is 118 Å². The van der Waals surface area contributed by atoms with Crippen LogP contribution >= 0.6 is 11.6 Å². The molecule has 0 spiro atoms. The molecule has 0 bridgehead atoms. The van der Waals surface area contributed by atoms with Crippen LogP contribution in [0.3, 0.4) is 0 Å². The largest absolute Gasteiger partial charge is 0.241 e. The number of aromatic nitrogens is 2. The molecular weight excluding hydrogens is 256 g/mol. The molecular formula is C16H17ClN2. The van der Waals surface area contributed by atoms with Crippen LogP contribution in [0, 0.1) is 17.8 Å². The number of alkyl halides is 1. The molecule has 0 saturated heterocycles. The summed E-state index contributed by atoms with van der Waals surface area (Å²) in [6, 6.07) is 10.2. The van der Waals surface area contributed by atoms with E-state index < -0.39 is 0 Å². The van der Waals surface area contributed by atoms with Gasteiger partial charge in [-0.15, -0.1) is 11.6 Å². The molecule has 0 radical (unpaired) electrons. The van der Waals surface area contributed by atoms with Gasteiger partial charge in [-0.1, -0.05) is 18.2 Å². The van der Waals surface area contributed by atoms with Gasteiger partial charge in [-0.2, -0.15) is 5.10 Å². The normalized spacial score (nSPS) is 30.1. The molecule has 3 atom stereocenters. The SMILES string of the molecule is ClC(c1cnn(-c2ccccc2)c1)C1CC2CC2C1. The molecule has 3 unspecified atom stereocenters. The number of rotatable bonds is 3. The molecule has 0 amide bonds. The van der Waals surface area contributed by atoms with Gasteiger partial charge in [0.1, 0.15) is 0 Å². The van der Waals surface area contributed by atoms with Crippen molar-refractivity contribution in [1.29, 1.82) is 0 Å². The maximum atomic E-state index is 6.65. The average Bonchev–Trinajstić information content (AvgIpc) is 2.91. The van der Waals surface area contributed by atoms with Crippen LogP contribution in [0.2, 0.25) is 0 Å². The van der Waals surface area contributed by atoms with E-state index in [1.165, 1.54) is 19.3 Å². The minimum absolute atomic E-state index is 0.130. The molecule has 98 valence electrons. The Morgan fingerprint density at radius 1 is 1.11 bits per heavy atom. The van der Waals surface area contributed by atoms with Crippen molar-refractivity contribution in [2.45, 2.75) is 24.6 Å². The molecule has 3 heteroatoms. The Morgan fingerprint density at radius 2 is 1.84 bits per heavy atom. The first-order valence-electron chi connectivity index (χ1n) is 7.05. The summed E-state index contributed by atoms with van der Waals surface area (Å²) in [5.41, 5.74) is 2.25. The maximum absolute atomic E-state index is 6.65. The number of para-hydroxylation sites is 1. The molecule has 1 aromatic carbocycles. The smallest absolute Gasteiger partial charge is 0.0645 e. The molecule has 2 saturated carbocycles.